The van der Waals surface area contributed by atoms with Crippen molar-refractivity contribution in [3.63, 3.8) is 0 Å². The highest BCUT2D eigenvalue weighted by atomic mass is 16.5. The lowest BCUT2D eigenvalue weighted by Crippen LogP contribution is -2.26. The first-order valence-corrected chi connectivity index (χ1v) is 6.76. The van der Waals surface area contributed by atoms with E-state index in [0.717, 1.165) is 5.75 Å². The van der Waals surface area contributed by atoms with Gasteiger partial charge in [-0.15, -0.1) is 5.10 Å². The summed E-state index contributed by atoms with van der Waals surface area (Å²) in [6.45, 7) is 2.76. The van der Waals surface area contributed by atoms with Crippen molar-refractivity contribution in [3.8, 4) is 5.75 Å². The summed E-state index contributed by atoms with van der Waals surface area (Å²) < 4.78 is 6.93. The van der Waals surface area contributed by atoms with Gasteiger partial charge in [0.05, 0.1) is 11.9 Å². The fourth-order valence-corrected chi connectivity index (χ4v) is 2.05. The summed E-state index contributed by atoms with van der Waals surface area (Å²) in [5, 5.41) is 8.53. The molecule has 106 valence electrons. The van der Waals surface area contributed by atoms with Gasteiger partial charge in [-0.25, -0.2) is 4.68 Å². The van der Waals surface area contributed by atoms with E-state index in [0.29, 0.717) is 24.1 Å². The maximum Gasteiger partial charge on any atom is 0.277 e. The number of fused-ring (bicyclic) bond motifs is 1. The first kappa shape index (κ1) is 13.3. The second kappa shape index (κ2) is 5.75. The minimum absolute atomic E-state index is 0.145. The molecule has 0 spiro atoms. The molecule has 5 nitrogen and oxygen atoms in total. The predicted molar refractivity (Wildman–Crippen MR) is 80.5 cm³/mol. The summed E-state index contributed by atoms with van der Waals surface area (Å²) in [6.07, 6.45) is 0. The second-order valence-corrected chi connectivity index (χ2v) is 4.80. The van der Waals surface area contributed by atoms with E-state index in [9.17, 15) is 4.79 Å². The molecule has 1 heterocycles. The quantitative estimate of drug-likeness (QED) is 0.735. The van der Waals surface area contributed by atoms with Crippen LogP contribution in [0.5, 0.6) is 5.75 Å². The van der Waals surface area contributed by atoms with Gasteiger partial charge in [0.2, 0.25) is 0 Å². The monoisotopic (exact) mass is 281 g/mol. The van der Waals surface area contributed by atoms with E-state index in [1.165, 1.54) is 10.2 Å². The highest BCUT2D eigenvalue weighted by Gasteiger charge is 2.04. The van der Waals surface area contributed by atoms with Crippen molar-refractivity contribution in [3.05, 3.63) is 64.4 Å². The molecule has 3 aromatic rings. The number of hydrogen-bond donors (Lipinski definition) is 0. The summed E-state index contributed by atoms with van der Waals surface area (Å²) in [7, 11) is 0. The van der Waals surface area contributed by atoms with E-state index >= 15 is 0 Å². The van der Waals surface area contributed by atoms with Crippen LogP contribution in [0, 0.1) is 6.92 Å². The largest absolute Gasteiger partial charge is 0.492 e. The van der Waals surface area contributed by atoms with Gasteiger partial charge in [-0.3, -0.25) is 4.79 Å². The van der Waals surface area contributed by atoms with Crippen LogP contribution in [-0.4, -0.2) is 21.6 Å². The number of rotatable bonds is 4. The number of ether oxygens (including phenoxy) is 1. The molecule has 0 unspecified atom stereocenters. The Bertz CT molecular complexity index is 810. The van der Waals surface area contributed by atoms with Crippen LogP contribution in [0.25, 0.3) is 10.9 Å². The van der Waals surface area contributed by atoms with Crippen molar-refractivity contribution < 1.29 is 4.74 Å². The predicted octanol–water partition coefficient (Wildman–Crippen LogP) is 2.18. The molecule has 5 heteroatoms. The molecule has 21 heavy (non-hydrogen) atoms. The Morgan fingerprint density at radius 1 is 1.10 bits per heavy atom. The molecule has 3 rings (SSSR count). The Morgan fingerprint density at radius 2 is 1.86 bits per heavy atom. The summed E-state index contributed by atoms with van der Waals surface area (Å²) in [5.41, 5.74) is 1.64. The standard InChI is InChI=1S/C16H15N3O2/c1-12-6-8-13(9-7-12)21-11-10-19-16(20)14-4-2-3-5-15(14)17-18-19/h2-9H,10-11H2,1H3. The summed E-state index contributed by atoms with van der Waals surface area (Å²) in [5.74, 6) is 0.780. The van der Waals surface area contributed by atoms with Gasteiger partial charge >= 0.3 is 0 Å². The van der Waals surface area contributed by atoms with Crippen LogP contribution < -0.4 is 10.3 Å². The Hall–Kier alpha value is -2.69. The molecule has 2 aromatic carbocycles. The Labute approximate surface area is 121 Å². The van der Waals surface area contributed by atoms with Gasteiger partial charge in [0.1, 0.15) is 17.9 Å². The number of hydrogen-bond acceptors (Lipinski definition) is 4. The second-order valence-electron chi connectivity index (χ2n) is 4.80. The SMILES string of the molecule is Cc1ccc(OCCn2nnc3ccccc3c2=O)cc1. The lowest BCUT2D eigenvalue weighted by atomic mass is 10.2. The first-order valence-electron chi connectivity index (χ1n) is 6.76. The fraction of sp³-hybridized carbons (Fsp3) is 0.188. The van der Waals surface area contributed by atoms with Gasteiger partial charge in [-0.2, -0.15) is 0 Å². The Morgan fingerprint density at radius 3 is 2.67 bits per heavy atom. The maximum absolute atomic E-state index is 12.2. The molecule has 0 bridgehead atoms. The molecule has 0 aliphatic carbocycles. The zero-order valence-electron chi connectivity index (χ0n) is 11.7. The molecule has 0 saturated heterocycles. The minimum Gasteiger partial charge on any atom is -0.492 e. The topological polar surface area (TPSA) is 57.0 Å². The normalized spacial score (nSPS) is 10.7. The van der Waals surface area contributed by atoms with Crippen molar-refractivity contribution in [2.75, 3.05) is 6.61 Å². The number of benzene rings is 2. The van der Waals surface area contributed by atoms with Gasteiger partial charge in [0.25, 0.3) is 5.56 Å². The lowest BCUT2D eigenvalue weighted by Gasteiger charge is -2.07. The fourth-order valence-electron chi connectivity index (χ4n) is 2.05. The zero-order valence-corrected chi connectivity index (χ0v) is 11.7. The van der Waals surface area contributed by atoms with E-state index in [2.05, 4.69) is 10.3 Å². The van der Waals surface area contributed by atoms with E-state index in [4.69, 9.17) is 4.74 Å². The number of aromatic nitrogens is 3. The minimum atomic E-state index is -0.145. The van der Waals surface area contributed by atoms with Gasteiger partial charge in [0.15, 0.2) is 0 Å². The Kier molecular flexibility index (Phi) is 3.64. The Balaban J connectivity index is 1.72. The highest BCUT2D eigenvalue weighted by Crippen LogP contribution is 2.11. The van der Waals surface area contributed by atoms with Crippen molar-refractivity contribution in [2.24, 2.45) is 0 Å². The van der Waals surface area contributed by atoms with Crippen LogP contribution in [0.1, 0.15) is 5.56 Å². The first-order chi connectivity index (χ1) is 10.2. The highest BCUT2D eigenvalue weighted by molar-refractivity contribution is 5.76. The van der Waals surface area contributed by atoms with Gasteiger partial charge in [0, 0.05) is 0 Å². The molecule has 0 radical (unpaired) electrons. The van der Waals surface area contributed by atoms with Crippen molar-refractivity contribution >= 4 is 10.9 Å². The van der Waals surface area contributed by atoms with Crippen molar-refractivity contribution in [2.45, 2.75) is 13.5 Å². The van der Waals surface area contributed by atoms with Crippen LogP contribution in [0.3, 0.4) is 0 Å². The molecule has 0 atom stereocenters. The summed E-state index contributed by atoms with van der Waals surface area (Å²) >= 11 is 0. The molecule has 0 amide bonds. The van der Waals surface area contributed by atoms with Crippen LogP contribution in [0.4, 0.5) is 0 Å². The molecule has 0 aliphatic heterocycles. The van der Waals surface area contributed by atoms with E-state index in [1.807, 2.05) is 43.3 Å². The van der Waals surface area contributed by atoms with Gasteiger partial charge in [-0.05, 0) is 31.2 Å². The van der Waals surface area contributed by atoms with Crippen molar-refractivity contribution in [1.82, 2.24) is 15.0 Å². The van der Waals surface area contributed by atoms with E-state index in [-0.39, 0.29) is 5.56 Å². The molecular formula is C16H15N3O2. The molecule has 0 saturated carbocycles. The van der Waals surface area contributed by atoms with Crippen LogP contribution >= 0.6 is 0 Å². The van der Waals surface area contributed by atoms with Crippen LogP contribution in [0.15, 0.2) is 53.3 Å². The average molecular weight is 281 g/mol. The third-order valence-electron chi connectivity index (χ3n) is 3.22. The third-order valence-corrected chi connectivity index (χ3v) is 3.22. The van der Waals surface area contributed by atoms with E-state index < -0.39 is 0 Å². The smallest absolute Gasteiger partial charge is 0.277 e. The van der Waals surface area contributed by atoms with Crippen LogP contribution in [0.2, 0.25) is 0 Å². The van der Waals surface area contributed by atoms with E-state index in [1.54, 1.807) is 12.1 Å². The maximum atomic E-state index is 12.2. The number of nitrogens with zero attached hydrogens (tertiary/aromatic N) is 3. The average Bonchev–Trinajstić information content (AvgIpc) is 2.52. The molecular weight excluding hydrogens is 266 g/mol. The third kappa shape index (κ3) is 2.91. The molecule has 0 N–H and O–H groups in total. The molecule has 1 aromatic heterocycles. The van der Waals surface area contributed by atoms with Crippen LogP contribution in [-0.2, 0) is 6.54 Å². The number of aryl methyl sites for hydroxylation is 1. The molecule has 0 aliphatic rings. The summed E-state index contributed by atoms with van der Waals surface area (Å²) in [6, 6.07) is 15.0. The zero-order chi connectivity index (χ0) is 14.7. The molecule has 0 fully saturated rings. The lowest BCUT2D eigenvalue weighted by molar-refractivity contribution is 0.285. The van der Waals surface area contributed by atoms with Crippen molar-refractivity contribution in [1.29, 1.82) is 0 Å². The van der Waals surface area contributed by atoms with Gasteiger partial charge < -0.3 is 4.74 Å². The van der Waals surface area contributed by atoms with Gasteiger partial charge in [-0.1, -0.05) is 35.0 Å². The summed E-state index contributed by atoms with van der Waals surface area (Å²) in [4.78, 5) is 12.2.